The predicted molar refractivity (Wildman–Crippen MR) is 151 cm³/mol. The summed E-state index contributed by atoms with van der Waals surface area (Å²) < 4.78 is 6.28. The van der Waals surface area contributed by atoms with Crippen LogP contribution < -0.4 is 15.4 Å². The van der Waals surface area contributed by atoms with Crippen LogP contribution in [-0.2, 0) is 6.54 Å². The van der Waals surface area contributed by atoms with Crippen molar-refractivity contribution in [1.82, 2.24) is 25.6 Å². The van der Waals surface area contributed by atoms with Gasteiger partial charge in [-0.3, -0.25) is 9.78 Å². The molecule has 4 heterocycles. The van der Waals surface area contributed by atoms with Gasteiger partial charge in [-0.2, -0.15) is 0 Å². The normalized spacial score (nSPS) is 17.9. The number of carbonyl (C=O) groups is 1. The smallest absolute Gasteiger partial charge is 0.251 e. The second-order valence-corrected chi connectivity index (χ2v) is 11.1. The molecule has 0 bridgehead atoms. The molecule has 0 radical (unpaired) electrons. The summed E-state index contributed by atoms with van der Waals surface area (Å²) in [6, 6.07) is 17.5. The number of ether oxygens (including phenoxy) is 1. The summed E-state index contributed by atoms with van der Waals surface area (Å²) in [5.41, 5.74) is 5.22. The maximum Gasteiger partial charge on any atom is 0.251 e. The van der Waals surface area contributed by atoms with E-state index in [0.29, 0.717) is 23.5 Å². The lowest BCUT2D eigenvalue weighted by Gasteiger charge is -2.30. The number of aryl methyl sites for hydroxylation is 1. The molecule has 1 aliphatic heterocycles. The molecule has 8 heteroatoms. The van der Waals surface area contributed by atoms with Crippen LogP contribution in [0.3, 0.4) is 0 Å². The van der Waals surface area contributed by atoms with Gasteiger partial charge in [0.2, 0.25) is 5.88 Å². The van der Waals surface area contributed by atoms with Crippen LogP contribution >= 0.6 is 11.8 Å². The molecule has 2 N–H and O–H groups in total. The Labute approximate surface area is 226 Å². The van der Waals surface area contributed by atoms with E-state index < -0.39 is 0 Å². The fourth-order valence-corrected chi connectivity index (χ4v) is 5.70. The number of nitrogens with one attached hydrogen (secondary N) is 2. The van der Waals surface area contributed by atoms with Gasteiger partial charge in [-0.05, 0) is 80.9 Å². The highest BCUT2D eigenvalue weighted by molar-refractivity contribution is 7.98. The second kappa shape index (κ2) is 10.3. The van der Waals surface area contributed by atoms with Crippen LogP contribution in [0.5, 0.6) is 5.88 Å². The minimum absolute atomic E-state index is 0.119. The lowest BCUT2D eigenvalue weighted by Crippen LogP contribution is -2.44. The van der Waals surface area contributed by atoms with Crippen molar-refractivity contribution < 1.29 is 9.53 Å². The van der Waals surface area contributed by atoms with Gasteiger partial charge in [0.25, 0.3) is 5.91 Å². The number of pyridine rings is 3. The highest BCUT2D eigenvalue weighted by Crippen LogP contribution is 2.42. The van der Waals surface area contributed by atoms with Crippen molar-refractivity contribution in [2.45, 2.75) is 55.7 Å². The molecule has 38 heavy (non-hydrogen) atoms. The largest absolute Gasteiger partial charge is 0.474 e. The van der Waals surface area contributed by atoms with E-state index in [2.05, 4.69) is 15.6 Å². The number of amides is 1. The quantitative estimate of drug-likeness (QED) is 0.316. The monoisotopic (exact) mass is 525 g/mol. The van der Waals surface area contributed by atoms with Crippen LogP contribution in [0.15, 0.2) is 65.7 Å². The number of fused-ring (bicyclic) bond motifs is 1. The number of rotatable bonds is 7. The zero-order valence-electron chi connectivity index (χ0n) is 21.7. The lowest BCUT2D eigenvalue weighted by atomic mass is 10.00. The molecule has 6 rings (SSSR count). The molecular weight excluding hydrogens is 494 g/mol. The van der Waals surface area contributed by atoms with Crippen LogP contribution in [0.25, 0.3) is 22.3 Å². The number of carbonyl (C=O) groups excluding carboxylic acids is 1. The first-order valence-electron chi connectivity index (χ1n) is 13.1. The van der Waals surface area contributed by atoms with Crippen LogP contribution in [0.4, 0.5) is 0 Å². The zero-order valence-corrected chi connectivity index (χ0v) is 22.5. The van der Waals surface area contributed by atoms with Gasteiger partial charge < -0.3 is 15.4 Å². The van der Waals surface area contributed by atoms with Gasteiger partial charge >= 0.3 is 0 Å². The minimum Gasteiger partial charge on any atom is -0.474 e. The van der Waals surface area contributed by atoms with E-state index >= 15 is 0 Å². The van der Waals surface area contributed by atoms with Crippen molar-refractivity contribution in [2.75, 3.05) is 12.8 Å². The van der Waals surface area contributed by atoms with E-state index in [4.69, 9.17) is 14.7 Å². The molecule has 4 aromatic rings. The number of nitrogens with zero attached hydrogens (tertiary/aromatic N) is 3. The van der Waals surface area contributed by atoms with Crippen molar-refractivity contribution in [3.63, 3.8) is 0 Å². The summed E-state index contributed by atoms with van der Waals surface area (Å²) >= 11 is 1.64. The van der Waals surface area contributed by atoms with Crippen molar-refractivity contribution in [2.24, 2.45) is 0 Å². The average molecular weight is 526 g/mol. The Morgan fingerprint density at radius 1 is 1.13 bits per heavy atom. The molecule has 1 saturated carbocycles. The highest BCUT2D eigenvalue weighted by atomic mass is 32.2. The summed E-state index contributed by atoms with van der Waals surface area (Å²) in [5, 5.41) is 7.55. The van der Waals surface area contributed by atoms with Crippen molar-refractivity contribution >= 4 is 28.6 Å². The molecule has 1 unspecified atom stereocenters. The number of hydrogen-bond donors (Lipinski definition) is 2. The first-order valence-corrected chi connectivity index (χ1v) is 14.3. The van der Waals surface area contributed by atoms with Gasteiger partial charge in [0.15, 0.2) is 0 Å². The summed E-state index contributed by atoms with van der Waals surface area (Å²) in [6.07, 6.45) is 8.53. The average Bonchev–Trinajstić information content (AvgIpc) is 3.69. The molecular formula is C30H31N5O2S. The SMILES string of the molecule is CSc1cc(C(=O)NCc2cc3nc(-c4cccc(OC5CCNC6(CC6)C5)n4)ccc3cn2)ccc1C. The topological polar surface area (TPSA) is 89.0 Å². The third-order valence-electron chi connectivity index (χ3n) is 7.44. The Kier molecular flexibility index (Phi) is 6.76. The van der Waals surface area contributed by atoms with Crippen LogP contribution in [0, 0.1) is 6.92 Å². The standard InChI is InChI=1S/C30H31N5O2S/c1-19-6-7-20(14-27(19)38-2)29(36)32-18-22-15-26-21(17-31-22)8-9-25(34-26)24-4-3-5-28(35-24)37-23-10-13-33-30(16-23)11-12-30/h3-9,14-15,17,23,33H,10-13,16,18H2,1-2H3,(H,32,36). The summed E-state index contributed by atoms with van der Waals surface area (Å²) in [4.78, 5) is 28.0. The predicted octanol–water partition coefficient (Wildman–Crippen LogP) is 5.32. The number of aromatic nitrogens is 3. The van der Waals surface area contributed by atoms with E-state index in [1.165, 1.54) is 12.8 Å². The molecule has 1 spiro atoms. The number of hydrogen-bond acceptors (Lipinski definition) is 7. The van der Waals surface area contributed by atoms with Gasteiger partial charge in [-0.25, -0.2) is 9.97 Å². The summed E-state index contributed by atoms with van der Waals surface area (Å²) in [7, 11) is 0. The van der Waals surface area contributed by atoms with Gasteiger partial charge in [0.05, 0.1) is 29.1 Å². The molecule has 1 amide bonds. The second-order valence-electron chi connectivity index (χ2n) is 10.2. The van der Waals surface area contributed by atoms with E-state index in [1.807, 2.05) is 67.8 Å². The van der Waals surface area contributed by atoms with Gasteiger partial charge in [-0.1, -0.05) is 12.1 Å². The Hall–Kier alpha value is -3.49. The maximum atomic E-state index is 12.7. The molecule has 3 aromatic heterocycles. The third kappa shape index (κ3) is 5.37. The Morgan fingerprint density at radius 2 is 2.00 bits per heavy atom. The summed E-state index contributed by atoms with van der Waals surface area (Å²) in [6.45, 7) is 3.36. The number of piperidine rings is 1. The van der Waals surface area contributed by atoms with Gasteiger partial charge in [-0.15, -0.1) is 11.8 Å². The first-order chi connectivity index (χ1) is 18.5. The zero-order chi connectivity index (χ0) is 26.1. The lowest BCUT2D eigenvalue weighted by molar-refractivity contribution is 0.0950. The molecule has 7 nitrogen and oxygen atoms in total. The van der Waals surface area contributed by atoms with Crippen LogP contribution in [0.1, 0.15) is 47.3 Å². The van der Waals surface area contributed by atoms with Gasteiger partial charge in [0, 0.05) is 40.1 Å². The maximum absolute atomic E-state index is 12.7. The molecule has 194 valence electrons. The van der Waals surface area contributed by atoms with Gasteiger partial charge in [0.1, 0.15) is 6.10 Å². The number of benzene rings is 1. The van der Waals surface area contributed by atoms with Crippen molar-refractivity contribution in [1.29, 1.82) is 0 Å². The van der Waals surface area contributed by atoms with Crippen LogP contribution in [-0.4, -0.2) is 45.3 Å². The van der Waals surface area contributed by atoms with Crippen LogP contribution in [0.2, 0.25) is 0 Å². The number of thioether (sulfide) groups is 1. The van der Waals surface area contributed by atoms with E-state index in [-0.39, 0.29) is 12.0 Å². The van der Waals surface area contributed by atoms with E-state index in [0.717, 1.165) is 57.8 Å². The molecule has 2 fully saturated rings. The molecule has 1 atom stereocenters. The Morgan fingerprint density at radius 3 is 2.84 bits per heavy atom. The first kappa shape index (κ1) is 24.8. The third-order valence-corrected chi connectivity index (χ3v) is 8.32. The Balaban J connectivity index is 1.16. The van der Waals surface area contributed by atoms with Crippen molar-refractivity contribution in [3.05, 3.63) is 77.6 Å². The molecule has 1 saturated heterocycles. The summed E-state index contributed by atoms with van der Waals surface area (Å²) in [5.74, 6) is 0.525. The Bertz CT molecular complexity index is 1500. The fraction of sp³-hybridized carbons (Fsp3) is 0.333. The molecule has 2 aliphatic rings. The fourth-order valence-electron chi connectivity index (χ4n) is 5.07. The van der Waals surface area contributed by atoms with E-state index in [1.54, 1.807) is 18.0 Å². The molecule has 1 aliphatic carbocycles. The van der Waals surface area contributed by atoms with Crippen molar-refractivity contribution in [3.8, 4) is 17.3 Å². The minimum atomic E-state index is -0.119. The van der Waals surface area contributed by atoms with E-state index in [9.17, 15) is 4.79 Å². The highest BCUT2D eigenvalue weighted by Gasteiger charge is 2.46. The molecule has 1 aromatic carbocycles.